The zero-order valence-electron chi connectivity index (χ0n) is 12.8. The van der Waals surface area contributed by atoms with Crippen LogP contribution in [-0.4, -0.2) is 30.6 Å². The molecule has 0 aliphatic carbocycles. The van der Waals surface area contributed by atoms with Crippen molar-refractivity contribution in [1.29, 1.82) is 0 Å². The second kappa shape index (κ2) is 7.33. The highest BCUT2D eigenvalue weighted by Crippen LogP contribution is 2.18. The van der Waals surface area contributed by atoms with Crippen LogP contribution in [0, 0.1) is 11.7 Å². The summed E-state index contributed by atoms with van der Waals surface area (Å²) in [7, 11) is 0. The molecule has 1 amide bonds. The number of nitrogens with zero attached hydrogens (tertiary/aromatic N) is 1. The Labute approximate surface area is 134 Å². The maximum absolute atomic E-state index is 13.2. The molecule has 0 spiro atoms. The molecule has 1 unspecified atom stereocenters. The quantitative estimate of drug-likeness (QED) is 0.943. The Balaban J connectivity index is 1.61. The number of carbonyl (C=O) groups is 1. The van der Waals surface area contributed by atoms with Gasteiger partial charge in [0.25, 0.3) is 5.91 Å². The Morgan fingerprint density at radius 1 is 1.35 bits per heavy atom. The van der Waals surface area contributed by atoms with Crippen molar-refractivity contribution in [3.8, 4) is 11.3 Å². The van der Waals surface area contributed by atoms with E-state index in [0.29, 0.717) is 35.9 Å². The summed E-state index contributed by atoms with van der Waals surface area (Å²) < 4.78 is 18.6. The van der Waals surface area contributed by atoms with Crippen molar-refractivity contribution in [1.82, 2.24) is 10.3 Å². The molecule has 0 saturated carbocycles. The van der Waals surface area contributed by atoms with Gasteiger partial charge in [0.2, 0.25) is 0 Å². The van der Waals surface area contributed by atoms with E-state index in [0.717, 1.165) is 19.4 Å². The number of carbonyl (C=O) groups excluding carboxylic acids is 1. The lowest BCUT2D eigenvalue weighted by Crippen LogP contribution is -2.33. The molecule has 5 heteroatoms. The number of ether oxygens (including phenoxy) is 1. The van der Waals surface area contributed by atoms with E-state index in [-0.39, 0.29) is 11.7 Å². The van der Waals surface area contributed by atoms with Crippen LogP contribution in [0.15, 0.2) is 42.6 Å². The van der Waals surface area contributed by atoms with Gasteiger partial charge in [0.05, 0.1) is 17.9 Å². The molecule has 23 heavy (non-hydrogen) atoms. The van der Waals surface area contributed by atoms with Gasteiger partial charge in [-0.1, -0.05) is 12.1 Å². The Kier molecular flexibility index (Phi) is 4.98. The molecule has 1 atom stereocenters. The van der Waals surface area contributed by atoms with E-state index < -0.39 is 0 Å². The number of rotatable bonds is 4. The molecule has 3 rings (SSSR count). The standard InChI is InChI=1S/C18H19FN2O2/c19-16-5-1-4-14(9-16)17-7-6-15(11-20-17)18(22)21-10-13-3-2-8-23-12-13/h1,4-7,9,11,13H,2-3,8,10,12H2,(H,21,22). The SMILES string of the molecule is O=C(NCC1CCCOC1)c1ccc(-c2cccc(F)c2)nc1. The molecule has 1 aliphatic rings. The molecule has 2 aromatic rings. The minimum Gasteiger partial charge on any atom is -0.381 e. The fourth-order valence-corrected chi connectivity index (χ4v) is 2.65. The molecule has 1 aromatic carbocycles. The van der Waals surface area contributed by atoms with Gasteiger partial charge in [-0.25, -0.2) is 4.39 Å². The highest BCUT2D eigenvalue weighted by Gasteiger charge is 2.15. The molecule has 1 aromatic heterocycles. The third-order valence-electron chi connectivity index (χ3n) is 3.95. The minimum atomic E-state index is -0.305. The summed E-state index contributed by atoms with van der Waals surface area (Å²) in [4.78, 5) is 16.4. The lowest BCUT2D eigenvalue weighted by molar-refractivity contribution is 0.0536. The van der Waals surface area contributed by atoms with Crippen LogP contribution in [0.3, 0.4) is 0 Å². The highest BCUT2D eigenvalue weighted by molar-refractivity contribution is 5.94. The van der Waals surface area contributed by atoms with Gasteiger partial charge in [0.1, 0.15) is 5.82 Å². The molecule has 1 fully saturated rings. The largest absolute Gasteiger partial charge is 0.381 e. The van der Waals surface area contributed by atoms with Crippen LogP contribution >= 0.6 is 0 Å². The van der Waals surface area contributed by atoms with Crippen LogP contribution < -0.4 is 5.32 Å². The van der Waals surface area contributed by atoms with Gasteiger partial charge in [-0.3, -0.25) is 9.78 Å². The number of amides is 1. The number of pyridine rings is 1. The van der Waals surface area contributed by atoms with E-state index in [1.165, 1.54) is 18.3 Å². The Morgan fingerprint density at radius 2 is 2.26 bits per heavy atom. The average Bonchev–Trinajstić information content (AvgIpc) is 2.61. The Morgan fingerprint density at radius 3 is 2.96 bits per heavy atom. The van der Waals surface area contributed by atoms with Crippen LogP contribution in [0.2, 0.25) is 0 Å². The van der Waals surface area contributed by atoms with Crippen LogP contribution in [0.25, 0.3) is 11.3 Å². The zero-order chi connectivity index (χ0) is 16.1. The topological polar surface area (TPSA) is 51.2 Å². The first-order valence-corrected chi connectivity index (χ1v) is 7.80. The number of hydrogen-bond acceptors (Lipinski definition) is 3. The molecule has 1 aliphatic heterocycles. The van der Waals surface area contributed by atoms with E-state index in [1.807, 2.05) is 0 Å². The van der Waals surface area contributed by atoms with Gasteiger partial charge in [-0.05, 0) is 43.0 Å². The lowest BCUT2D eigenvalue weighted by atomic mass is 10.0. The summed E-state index contributed by atoms with van der Waals surface area (Å²) in [5.41, 5.74) is 1.83. The minimum absolute atomic E-state index is 0.145. The van der Waals surface area contributed by atoms with Crippen molar-refractivity contribution in [3.05, 3.63) is 54.0 Å². The number of aromatic nitrogens is 1. The van der Waals surface area contributed by atoms with Gasteiger partial charge < -0.3 is 10.1 Å². The number of benzene rings is 1. The number of halogens is 1. The summed E-state index contributed by atoms with van der Waals surface area (Å²) in [6.07, 6.45) is 3.65. The number of nitrogens with one attached hydrogen (secondary N) is 1. The van der Waals surface area contributed by atoms with Crippen molar-refractivity contribution in [2.24, 2.45) is 5.92 Å². The smallest absolute Gasteiger partial charge is 0.252 e. The third-order valence-corrected chi connectivity index (χ3v) is 3.95. The maximum Gasteiger partial charge on any atom is 0.252 e. The molecule has 4 nitrogen and oxygen atoms in total. The maximum atomic E-state index is 13.2. The van der Waals surface area contributed by atoms with E-state index >= 15 is 0 Å². The van der Waals surface area contributed by atoms with Gasteiger partial charge in [0.15, 0.2) is 0 Å². The van der Waals surface area contributed by atoms with Crippen molar-refractivity contribution < 1.29 is 13.9 Å². The molecular formula is C18H19FN2O2. The van der Waals surface area contributed by atoms with E-state index in [4.69, 9.17) is 4.74 Å². The van der Waals surface area contributed by atoms with E-state index in [2.05, 4.69) is 10.3 Å². The van der Waals surface area contributed by atoms with Crippen molar-refractivity contribution >= 4 is 5.91 Å². The second-order valence-electron chi connectivity index (χ2n) is 5.74. The summed E-state index contributed by atoms with van der Waals surface area (Å²) in [6, 6.07) is 9.67. The molecule has 120 valence electrons. The fraction of sp³-hybridized carbons (Fsp3) is 0.333. The Bertz CT molecular complexity index is 667. The monoisotopic (exact) mass is 314 g/mol. The Hall–Kier alpha value is -2.27. The lowest BCUT2D eigenvalue weighted by Gasteiger charge is -2.22. The summed E-state index contributed by atoms with van der Waals surface area (Å²) in [6.45, 7) is 2.14. The summed E-state index contributed by atoms with van der Waals surface area (Å²) in [5.74, 6) is -0.0677. The molecule has 0 bridgehead atoms. The van der Waals surface area contributed by atoms with Gasteiger partial charge in [-0.2, -0.15) is 0 Å². The van der Waals surface area contributed by atoms with Crippen molar-refractivity contribution in [3.63, 3.8) is 0 Å². The molecular weight excluding hydrogens is 295 g/mol. The molecule has 2 heterocycles. The van der Waals surface area contributed by atoms with Gasteiger partial charge in [-0.15, -0.1) is 0 Å². The molecule has 1 N–H and O–H groups in total. The highest BCUT2D eigenvalue weighted by atomic mass is 19.1. The van der Waals surface area contributed by atoms with Gasteiger partial charge in [0, 0.05) is 24.9 Å². The van der Waals surface area contributed by atoms with Crippen LogP contribution in [-0.2, 0) is 4.74 Å². The predicted octanol–water partition coefficient (Wildman–Crippen LogP) is 3.04. The van der Waals surface area contributed by atoms with Crippen molar-refractivity contribution in [2.75, 3.05) is 19.8 Å². The first kappa shape index (κ1) is 15.6. The van der Waals surface area contributed by atoms with Crippen LogP contribution in [0.5, 0.6) is 0 Å². The summed E-state index contributed by atoms with van der Waals surface area (Å²) >= 11 is 0. The van der Waals surface area contributed by atoms with Crippen LogP contribution in [0.4, 0.5) is 4.39 Å². The van der Waals surface area contributed by atoms with Crippen molar-refractivity contribution in [2.45, 2.75) is 12.8 Å². The second-order valence-corrected chi connectivity index (χ2v) is 5.74. The first-order valence-electron chi connectivity index (χ1n) is 7.80. The fourth-order valence-electron chi connectivity index (χ4n) is 2.65. The van der Waals surface area contributed by atoms with E-state index in [1.54, 1.807) is 24.3 Å². The third kappa shape index (κ3) is 4.13. The predicted molar refractivity (Wildman–Crippen MR) is 85.5 cm³/mol. The molecule has 0 radical (unpaired) electrons. The zero-order valence-corrected chi connectivity index (χ0v) is 12.8. The van der Waals surface area contributed by atoms with Gasteiger partial charge >= 0.3 is 0 Å². The summed E-state index contributed by atoms with van der Waals surface area (Å²) in [5, 5.41) is 2.92. The number of hydrogen-bond donors (Lipinski definition) is 1. The van der Waals surface area contributed by atoms with Crippen LogP contribution in [0.1, 0.15) is 23.2 Å². The average molecular weight is 314 g/mol. The normalized spacial score (nSPS) is 17.7. The van der Waals surface area contributed by atoms with E-state index in [9.17, 15) is 9.18 Å². The first-order chi connectivity index (χ1) is 11.2. The molecule has 1 saturated heterocycles.